The third-order valence-corrected chi connectivity index (χ3v) is 5.80. The molecule has 8 heteroatoms. The highest BCUT2D eigenvalue weighted by atomic mass is 35.5. The molecule has 1 aliphatic carbocycles. The van der Waals surface area contributed by atoms with E-state index >= 15 is 0 Å². The summed E-state index contributed by atoms with van der Waals surface area (Å²) in [6, 6.07) is 6.76. The molecule has 1 heterocycles. The van der Waals surface area contributed by atoms with E-state index in [4.69, 9.17) is 16.3 Å². The minimum atomic E-state index is -1.05. The van der Waals surface area contributed by atoms with Gasteiger partial charge in [-0.15, -0.1) is 0 Å². The highest BCUT2D eigenvalue weighted by Crippen LogP contribution is 2.31. The summed E-state index contributed by atoms with van der Waals surface area (Å²) in [7, 11) is 0. The fourth-order valence-electron chi connectivity index (χ4n) is 3.79. The van der Waals surface area contributed by atoms with Gasteiger partial charge in [0.1, 0.15) is 5.54 Å². The van der Waals surface area contributed by atoms with Crippen LogP contribution in [-0.4, -0.2) is 36.0 Å². The molecule has 29 heavy (non-hydrogen) atoms. The topological polar surface area (TPSA) is 99.5 Å². The van der Waals surface area contributed by atoms with Gasteiger partial charge in [-0.1, -0.05) is 30.9 Å². The highest BCUT2D eigenvalue weighted by Gasteiger charge is 2.35. The van der Waals surface area contributed by atoms with E-state index in [9.17, 15) is 19.6 Å². The maximum atomic E-state index is 12.5. The van der Waals surface area contributed by atoms with Crippen LogP contribution in [0.3, 0.4) is 0 Å². The molecule has 1 N–H and O–H groups in total. The summed E-state index contributed by atoms with van der Waals surface area (Å²) in [4.78, 5) is 38.6. The van der Waals surface area contributed by atoms with E-state index in [0.29, 0.717) is 36.5 Å². The second-order valence-corrected chi connectivity index (χ2v) is 8.01. The Hall–Kier alpha value is -2.59. The van der Waals surface area contributed by atoms with Gasteiger partial charge in [0.15, 0.2) is 6.10 Å². The van der Waals surface area contributed by atoms with E-state index in [2.05, 4.69) is 11.4 Å². The van der Waals surface area contributed by atoms with E-state index in [-0.39, 0.29) is 11.5 Å². The van der Waals surface area contributed by atoms with Gasteiger partial charge in [0.05, 0.1) is 22.3 Å². The summed E-state index contributed by atoms with van der Waals surface area (Å²) in [5.74, 6) is -1.22. The number of anilines is 1. The molecule has 2 aliphatic rings. The third kappa shape index (κ3) is 4.70. The smallest absolute Gasteiger partial charge is 0.338 e. The van der Waals surface area contributed by atoms with Crippen LogP contribution in [0.5, 0.6) is 0 Å². The van der Waals surface area contributed by atoms with Crippen LogP contribution < -0.4 is 10.2 Å². The number of nitrogens with one attached hydrogen (secondary N) is 1. The van der Waals surface area contributed by atoms with Crippen molar-refractivity contribution in [3.05, 3.63) is 28.8 Å². The van der Waals surface area contributed by atoms with E-state index in [1.165, 1.54) is 25.1 Å². The molecular weight excluding hydrogens is 394 g/mol. The lowest BCUT2D eigenvalue weighted by Crippen LogP contribution is -2.52. The molecule has 154 valence electrons. The van der Waals surface area contributed by atoms with Crippen LogP contribution in [0.2, 0.25) is 5.02 Å². The van der Waals surface area contributed by atoms with Gasteiger partial charge in [-0.25, -0.2) is 4.79 Å². The largest absolute Gasteiger partial charge is 0.449 e. The molecule has 2 amide bonds. The van der Waals surface area contributed by atoms with Gasteiger partial charge in [0.2, 0.25) is 5.91 Å². The number of amides is 2. The Labute approximate surface area is 174 Å². The van der Waals surface area contributed by atoms with E-state index in [1.54, 1.807) is 4.90 Å². The number of rotatable bonds is 5. The van der Waals surface area contributed by atoms with Crippen LogP contribution >= 0.6 is 11.6 Å². The molecule has 0 spiro atoms. The van der Waals surface area contributed by atoms with Crippen molar-refractivity contribution in [3.63, 3.8) is 0 Å². The fraction of sp³-hybridized carbons (Fsp3) is 0.524. The Morgan fingerprint density at radius 1 is 1.28 bits per heavy atom. The van der Waals surface area contributed by atoms with Gasteiger partial charge >= 0.3 is 5.97 Å². The van der Waals surface area contributed by atoms with E-state index < -0.39 is 23.5 Å². The molecular formula is C21H24ClN3O4. The summed E-state index contributed by atoms with van der Waals surface area (Å²) < 4.78 is 5.31. The Morgan fingerprint density at radius 2 is 2.00 bits per heavy atom. The molecule has 1 atom stereocenters. The van der Waals surface area contributed by atoms with Crippen LogP contribution in [0.15, 0.2) is 18.2 Å². The normalized spacial score (nSPS) is 19.3. The van der Waals surface area contributed by atoms with Gasteiger partial charge in [0.25, 0.3) is 5.91 Å². The highest BCUT2D eigenvalue weighted by molar-refractivity contribution is 6.34. The van der Waals surface area contributed by atoms with Crippen molar-refractivity contribution in [3.8, 4) is 6.07 Å². The van der Waals surface area contributed by atoms with Crippen molar-refractivity contribution in [1.82, 2.24) is 5.32 Å². The molecule has 1 saturated heterocycles. The van der Waals surface area contributed by atoms with Gasteiger partial charge in [-0.05, 0) is 44.4 Å². The maximum absolute atomic E-state index is 12.5. The number of carbonyl (C=O) groups excluding carboxylic acids is 3. The van der Waals surface area contributed by atoms with Gasteiger partial charge < -0.3 is 15.0 Å². The molecule has 0 aromatic heterocycles. The Bertz CT molecular complexity index is 858. The second-order valence-electron chi connectivity index (χ2n) is 7.61. The average molecular weight is 418 g/mol. The lowest BCUT2D eigenvalue weighted by Gasteiger charge is -2.32. The zero-order chi connectivity index (χ0) is 21.0. The number of nitriles is 1. The Balaban J connectivity index is 1.67. The molecule has 1 aromatic rings. The standard InChI is InChI=1S/C21H24ClN3O4/c1-14(19(27)24-21(13-23)9-3-2-4-10-21)29-20(28)15-7-8-16(22)17(12-15)25-11-5-6-18(25)26/h7-8,12,14H,2-6,9-11H2,1H3,(H,24,27)/t14-/m1/s1. The molecule has 0 unspecified atom stereocenters. The monoisotopic (exact) mass is 417 g/mol. The fourth-order valence-corrected chi connectivity index (χ4v) is 4.01. The number of halogens is 1. The average Bonchev–Trinajstić information content (AvgIpc) is 3.14. The summed E-state index contributed by atoms with van der Waals surface area (Å²) in [6.07, 6.45) is 4.13. The van der Waals surface area contributed by atoms with E-state index in [0.717, 1.165) is 25.7 Å². The van der Waals surface area contributed by atoms with Crippen molar-refractivity contribution in [2.45, 2.75) is 63.5 Å². The minimum absolute atomic E-state index is 0.0422. The number of carbonyl (C=O) groups is 3. The second kappa shape index (κ2) is 8.83. The first-order valence-corrected chi connectivity index (χ1v) is 10.3. The van der Waals surface area contributed by atoms with Crippen LogP contribution in [0.25, 0.3) is 0 Å². The predicted octanol–water partition coefficient (Wildman–Crippen LogP) is 3.35. The molecule has 1 aliphatic heterocycles. The number of benzene rings is 1. The molecule has 1 aromatic carbocycles. The van der Waals surface area contributed by atoms with Gasteiger partial charge in [0, 0.05) is 13.0 Å². The number of ether oxygens (including phenoxy) is 1. The first kappa shape index (κ1) is 21.1. The SMILES string of the molecule is C[C@@H](OC(=O)c1ccc(Cl)c(N2CCCC2=O)c1)C(=O)NC1(C#N)CCCCC1. The molecule has 7 nitrogen and oxygen atoms in total. The molecule has 3 rings (SSSR count). The number of nitrogens with zero attached hydrogens (tertiary/aromatic N) is 2. The van der Waals surface area contributed by atoms with Crippen molar-refractivity contribution < 1.29 is 19.1 Å². The van der Waals surface area contributed by atoms with Gasteiger partial charge in [-0.2, -0.15) is 5.26 Å². The summed E-state index contributed by atoms with van der Waals surface area (Å²) >= 11 is 6.20. The van der Waals surface area contributed by atoms with Gasteiger partial charge in [-0.3, -0.25) is 9.59 Å². The zero-order valence-electron chi connectivity index (χ0n) is 16.4. The third-order valence-electron chi connectivity index (χ3n) is 5.48. The molecule has 0 radical (unpaired) electrons. The Morgan fingerprint density at radius 3 is 2.62 bits per heavy atom. The van der Waals surface area contributed by atoms with Crippen molar-refractivity contribution >= 4 is 35.1 Å². The lowest BCUT2D eigenvalue weighted by molar-refractivity contribution is -0.130. The van der Waals surface area contributed by atoms with Crippen LogP contribution in [0.1, 0.15) is 62.2 Å². The zero-order valence-corrected chi connectivity index (χ0v) is 17.1. The number of hydrogen-bond donors (Lipinski definition) is 1. The van der Waals surface area contributed by atoms with Crippen molar-refractivity contribution in [2.24, 2.45) is 0 Å². The maximum Gasteiger partial charge on any atom is 0.338 e. The van der Waals surface area contributed by atoms with Crippen LogP contribution in [-0.2, 0) is 14.3 Å². The number of esters is 1. The van der Waals surface area contributed by atoms with Crippen molar-refractivity contribution in [1.29, 1.82) is 5.26 Å². The molecule has 1 saturated carbocycles. The quantitative estimate of drug-likeness (QED) is 0.740. The first-order valence-electron chi connectivity index (χ1n) is 9.89. The minimum Gasteiger partial charge on any atom is -0.449 e. The summed E-state index contributed by atoms with van der Waals surface area (Å²) in [5, 5.41) is 12.6. The van der Waals surface area contributed by atoms with Crippen LogP contribution in [0, 0.1) is 11.3 Å². The predicted molar refractivity (Wildman–Crippen MR) is 107 cm³/mol. The first-order chi connectivity index (χ1) is 13.8. The summed E-state index contributed by atoms with van der Waals surface area (Å²) in [5.41, 5.74) is -0.220. The Kier molecular flexibility index (Phi) is 6.43. The molecule has 0 bridgehead atoms. The lowest BCUT2D eigenvalue weighted by atomic mass is 9.83. The number of hydrogen-bond acceptors (Lipinski definition) is 5. The van der Waals surface area contributed by atoms with Crippen molar-refractivity contribution in [2.75, 3.05) is 11.4 Å². The van der Waals surface area contributed by atoms with Crippen LogP contribution in [0.4, 0.5) is 5.69 Å². The molecule has 2 fully saturated rings. The summed E-state index contributed by atoms with van der Waals surface area (Å²) in [6.45, 7) is 2.02. The van der Waals surface area contributed by atoms with E-state index in [1.807, 2.05) is 0 Å².